The zero-order chi connectivity index (χ0) is 49.9. The summed E-state index contributed by atoms with van der Waals surface area (Å²) in [5, 5.41) is 49.9. The minimum Gasteiger partial charge on any atom is -0.459 e. The number of nitro groups is 2. The summed E-state index contributed by atoms with van der Waals surface area (Å²) >= 11 is 0. The molecule has 2 N–H and O–H groups in total. The molecule has 1 saturated carbocycles. The number of amides is 1. The number of benzene rings is 5. The number of non-ortho nitro benzene ring substituents is 2. The number of aliphatic hydroxyl groups is 2. The van der Waals surface area contributed by atoms with E-state index in [2.05, 4.69) is 18.7 Å². The summed E-state index contributed by atoms with van der Waals surface area (Å²) in [6.07, 6.45) is 12.0. The molecule has 5 aromatic carbocycles. The molecule has 6 unspecified atom stereocenters. The molecule has 1 heterocycles. The van der Waals surface area contributed by atoms with E-state index in [4.69, 9.17) is 24.2 Å². The Morgan fingerprint density at radius 3 is 2.24 bits per heavy atom. The standard InChI is InChI=1S/C56H60N4O11/c1-3-29-58(53(63)28-19-38-15-21-43(22-16-38)59(64)65)52-36-50(57-69-37-39-17-23-44(24-18-39)60(66)67)48-34-42(13-7-9-30-61)47(14-8-10-31-62)54-49-35-46(70-45-25-20-40-11-5-6-12-41(40)33-45)26-27-51(49)71-56(52,55(48)54)68-32-4-2/h4-6,11-12,15-28,33-35,42,47,52,54-55,61-62H,2-3,7-10,13-14,29-32,36-37H2,1H3. The first-order chi connectivity index (χ1) is 34.6. The number of hydrogen-bond donors (Lipinski definition) is 2. The summed E-state index contributed by atoms with van der Waals surface area (Å²) in [5.74, 6) is -0.918. The fraction of sp³-hybridized carbons (Fsp3) is 0.357. The smallest absolute Gasteiger partial charge is 0.269 e. The largest absolute Gasteiger partial charge is 0.459 e. The van der Waals surface area contributed by atoms with E-state index in [1.807, 2.05) is 61.5 Å². The normalized spacial score (nSPS) is 21.7. The molecule has 5 aromatic rings. The Bertz CT molecular complexity index is 2790. The number of carbonyl (C=O) groups is 1. The molecule has 1 amide bonds. The lowest BCUT2D eigenvalue weighted by Crippen LogP contribution is -2.70. The zero-order valence-electron chi connectivity index (χ0n) is 39.8. The van der Waals surface area contributed by atoms with Crippen molar-refractivity contribution in [3.63, 3.8) is 0 Å². The van der Waals surface area contributed by atoms with Gasteiger partial charge in [-0.2, -0.15) is 0 Å². The second-order valence-corrected chi connectivity index (χ2v) is 18.3. The third-order valence-electron chi connectivity index (χ3n) is 13.8. The predicted octanol–water partition coefficient (Wildman–Crippen LogP) is 11.2. The van der Waals surface area contributed by atoms with Crippen LogP contribution >= 0.6 is 0 Å². The van der Waals surface area contributed by atoms with Gasteiger partial charge in [-0.25, -0.2) is 0 Å². The van der Waals surface area contributed by atoms with Crippen LogP contribution < -0.4 is 9.47 Å². The van der Waals surface area contributed by atoms with Crippen molar-refractivity contribution < 1.29 is 43.9 Å². The van der Waals surface area contributed by atoms with Gasteiger partial charge >= 0.3 is 0 Å². The van der Waals surface area contributed by atoms with Crippen LogP contribution in [0.5, 0.6) is 17.2 Å². The van der Waals surface area contributed by atoms with E-state index in [0.717, 1.165) is 47.6 Å². The van der Waals surface area contributed by atoms with E-state index in [1.54, 1.807) is 41.3 Å². The molecule has 370 valence electrons. The van der Waals surface area contributed by atoms with Gasteiger partial charge in [0.1, 0.15) is 29.9 Å². The number of fused-ring (bicyclic) bond motifs is 3. The molecule has 1 aliphatic heterocycles. The number of oxime groups is 1. The van der Waals surface area contributed by atoms with Crippen LogP contribution in [-0.2, 0) is 21.0 Å². The van der Waals surface area contributed by atoms with Crippen molar-refractivity contribution in [1.82, 2.24) is 4.90 Å². The zero-order valence-corrected chi connectivity index (χ0v) is 39.8. The molecular formula is C56H60N4O11. The van der Waals surface area contributed by atoms with Gasteiger partial charge in [-0.05, 0) is 132 Å². The van der Waals surface area contributed by atoms with Crippen molar-refractivity contribution >= 4 is 39.8 Å². The highest BCUT2D eigenvalue weighted by atomic mass is 16.7. The van der Waals surface area contributed by atoms with Gasteiger partial charge in [0.15, 0.2) is 0 Å². The predicted molar refractivity (Wildman–Crippen MR) is 271 cm³/mol. The molecule has 2 aliphatic carbocycles. The maximum atomic E-state index is 14.9. The molecule has 6 atom stereocenters. The molecule has 8 rings (SSSR count). The first-order valence-corrected chi connectivity index (χ1v) is 24.4. The van der Waals surface area contributed by atoms with Crippen LogP contribution in [0.1, 0.15) is 80.9 Å². The number of carbonyl (C=O) groups excluding carboxylic acids is 1. The van der Waals surface area contributed by atoms with E-state index in [-0.39, 0.29) is 67.9 Å². The molecule has 0 aromatic heterocycles. The molecule has 0 saturated heterocycles. The van der Waals surface area contributed by atoms with Gasteiger partial charge in [-0.15, -0.1) is 6.58 Å². The van der Waals surface area contributed by atoms with Gasteiger partial charge in [0.25, 0.3) is 11.4 Å². The molecule has 71 heavy (non-hydrogen) atoms. The van der Waals surface area contributed by atoms with E-state index >= 15 is 0 Å². The summed E-state index contributed by atoms with van der Waals surface area (Å²) in [6.45, 7) is 6.52. The Morgan fingerprint density at radius 1 is 0.873 bits per heavy atom. The number of unbranched alkanes of at least 4 members (excludes halogenated alkanes) is 2. The topological polar surface area (TPSA) is 196 Å². The van der Waals surface area contributed by atoms with Crippen molar-refractivity contribution in [1.29, 1.82) is 0 Å². The van der Waals surface area contributed by atoms with E-state index in [1.165, 1.54) is 30.3 Å². The van der Waals surface area contributed by atoms with Crippen LogP contribution in [-0.4, -0.2) is 74.8 Å². The quantitative estimate of drug-likeness (QED) is 0.0208. The minimum atomic E-state index is -1.51. The van der Waals surface area contributed by atoms with Crippen LogP contribution in [0.2, 0.25) is 0 Å². The summed E-state index contributed by atoms with van der Waals surface area (Å²) in [4.78, 5) is 44.7. The summed E-state index contributed by atoms with van der Waals surface area (Å²) in [5.41, 5.74) is 3.50. The number of aliphatic hydroxyl groups excluding tert-OH is 2. The van der Waals surface area contributed by atoms with Gasteiger partial charge < -0.3 is 34.2 Å². The summed E-state index contributed by atoms with van der Waals surface area (Å²) in [6, 6.07) is 31.2. The average molecular weight is 965 g/mol. The molecule has 0 bridgehead atoms. The fourth-order valence-electron chi connectivity index (χ4n) is 10.6. The second-order valence-electron chi connectivity index (χ2n) is 18.3. The van der Waals surface area contributed by atoms with Crippen LogP contribution in [0, 0.1) is 38.0 Å². The lowest BCUT2D eigenvalue weighted by atomic mass is 9.55. The molecule has 3 aliphatic rings. The molecule has 15 nitrogen and oxygen atoms in total. The fourth-order valence-corrected chi connectivity index (χ4v) is 10.6. The average Bonchev–Trinajstić information content (AvgIpc) is 3.38. The second kappa shape index (κ2) is 23.1. The Hall–Kier alpha value is -7.20. The van der Waals surface area contributed by atoms with Gasteiger partial charge in [-0.3, -0.25) is 25.0 Å². The number of ether oxygens (including phenoxy) is 3. The Labute approximate surface area is 413 Å². The van der Waals surface area contributed by atoms with Crippen molar-refractivity contribution in [3.8, 4) is 17.2 Å². The highest BCUT2D eigenvalue weighted by Crippen LogP contribution is 2.62. The number of nitrogens with zero attached hydrogens (tertiary/aromatic N) is 4. The first kappa shape index (κ1) is 50.2. The summed E-state index contributed by atoms with van der Waals surface area (Å²) < 4.78 is 21.2. The van der Waals surface area contributed by atoms with E-state index < -0.39 is 27.6 Å². The van der Waals surface area contributed by atoms with Gasteiger partial charge in [0, 0.05) is 68.0 Å². The molecular weight excluding hydrogens is 905 g/mol. The maximum absolute atomic E-state index is 14.9. The van der Waals surface area contributed by atoms with Crippen molar-refractivity contribution in [2.24, 2.45) is 22.9 Å². The molecule has 0 spiro atoms. The first-order valence-electron chi connectivity index (χ1n) is 24.4. The highest BCUT2D eigenvalue weighted by molar-refractivity contribution is 6.03. The third kappa shape index (κ3) is 11.2. The van der Waals surface area contributed by atoms with Crippen molar-refractivity contribution in [3.05, 3.63) is 176 Å². The molecule has 15 heteroatoms. The lowest BCUT2D eigenvalue weighted by Gasteiger charge is -2.60. The number of hydrogen-bond acceptors (Lipinski definition) is 12. The number of allylic oxidation sites excluding steroid dienone is 1. The number of rotatable bonds is 23. The van der Waals surface area contributed by atoms with Crippen LogP contribution in [0.15, 0.2) is 145 Å². The van der Waals surface area contributed by atoms with E-state index in [0.29, 0.717) is 59.9 Å². The van der Waals surface area contributed by atoms with Crippen LogP contribution in [0.3, 0.4) is 0 Å². The number of nitro benzene ring substituents is 2. The Kier molecular flexibility index (Phi) is 16.4. The van der Waals surface area contributed by atoms with E-state index in [9.17, 15) is 35.2 Å². The third-order valence-corrected chi connectivity index (χ3v) is 13.8. The Balaban J connectivity index is 1.29. The van der Waals surface area contributed by atoms with Crippen molar-refractivity contribution in [2.45, 2.75) is 82.6 Å². The van der Waals surface area contributed by atoms with Crippen molar-refractivity contribution in [2.75, 3.05) is 26.4 Å². The van der Waals surface area contributed by atoms with Gasteiger partial charge in [-0.1, -0.05) is 67.4 Å². The van der Waals surface area contributed by atoms with Crippen LogP contribution in [0.4, 0.5) is 11.4 Å². The molecule has 1 fully saturated rings. The molecule has 0 radical (unpaired) electrons. The maximum Gasteiger partial charge on any atom is 0.269 e. The SMILES string of the molecule is C=CCOC12Oc3ccc(Oc4ccc5ccccc5c4)cc3C3C(CCCCO)C(CCCCO)C=C(C(=NOCc4ccc([N+](=O)[O-])cc4)CC1N(CCC)C(=O)C=Cc1ccc([N+](=O)[O-])cc1)C32. The lowest BCUT2D eigenvalue weighted by molar-refractivity contribution is -0.385. The van der Waals surface area contributed by atoms with Gasteiger partial charge in [0.05, 0.1) is 28.1 Å². The summed E-state index contributed by atoms with van der Waals surface area (Å²) in [7, 11) is 0. The van der Waals surface area contributed by atoms with Crippen LogP contribution in [0.25, 0.3) is 16.8 Å². The Morgan fingerprint density at radius 2 is 1.55 bits per heavy atom. The van der Waals surface area contributed by atoms with Gasteiger partial charge in [0.2, 0.25) is 11.7 Å². The minimum absolute atomic E-state index is 0.0136. The monoisotopic (exact) mass is 964 g/mol. The highest BCUT2D eigenvalue weighted by Gasteiger charge is 2.65.